The van der Waals surface area contributed by atoms with E-state index in [0.29, 0.717) is 11.3 Å². The molecule has 1 rings (SSSR count). The molecule has 18 heavy (non-hydrogen) atoms. The zero-order valence-corrected chi connectivity index (χ0v) is 10.7. The van der Waals surface area contributed by atoms with Crippen LogP contribution in [0.15, 0.2) is 18.2 Å². The van der Waals surface area contributed by atoms with E-state index in [9.17, 15) is 9.59 Å². The Kier molecular flexibility index (Phi) is 5.43. The monoisotopic (exact) mass is 285 g/mol. The number of rotatable bonds is 3. The van der Waals surface area contributed by atoms with Gasteiger partial charge < -0.3 is 5.32 Å². The summed E-state index contributed by atoms with van der Waals surface area (Å²) in [5.41, 5.74) is 0.691. The first-order valence-corrected chi connectivity index (χ1v) is 5.84. The second-order valence-corrected chi connectivity index (χ2v) is 4.03. The first-order chi connectivity index (χ1) is 8.56. The Balaban J connectivity index is 2.65. The van der Waals surface area contributed by atoms with Crippen LogP contribution in [-0.4, -0.2) is 17.8 Å². The van der Waals surface area contributed by atoms with Gasteiger partial charge in [-0.05, 0) is 18.2 Å². The van der Waals surface area contributed by atoms with Crippen LogP contribution in [0.4, 0.5) is 10.5 Å². The highest BCUT2D eigenvalue weighted by molar-refractivity contribution is 6.33. The van der Waals surface area contributed by atoms with Crippen molar-refractivity contribution in [2.24, 2.45) is 0 Å². The number of anilines is 1. The van der Waals surface area contributed by atoms with Gasteiger partial charge in [0.1, 0.15) is 0 Å². The molecule has 0 atom stereocenters. The van der Waals surface area contributed by atoms with Gasteiger partial charge in [0.25, 0.3) is 0 Å². The number of benzene rings is 1. The molecule has 0 heterocycles. The normalized spacial score (nSPS) is 9.39. The average molecular weight is 286 g/mol. The molecule has 1 aromatic carbocycles. The van der Waals surface area contributed by atoms with Crippen LogP contribution in [-0.2, 0) is 4.79 Å². The maximum atomic E-state index is 11.4. The molecule has 5 nitrogen and oxygen atoms in total. The van der Waals surface area contributed by atoms with Gasteiger partial charge in [0.05, 0.1) is 22.3 Å². The third-order valence-corrected chi connectivity index (χ3v) is 2.42. The smallest absolute Gasteiger partial charge is 0.306 e. The van der Waals surface area contributed by atoms with Crippen molar-refractivity contribution in [1.29, 1.82) is 5.26 Å². The van der Waals surface area contributed by atoms with Crippen molar-refractivity contribution in [3.8, 4) is 6.07 Å². The molecule has 0 radical (unpaired) electrons. The first-order valence-electron chi connectivity index (χ1n) is 4.93. The summed E-state index contributed by atoms with van der Waals surface area (Å²) in [7, 11) is 0. The molecule has 0 aliphatic heterocycles. The largest absolute Gasteiger partial charge is 0.325 e. The number of nitrogens with zero attached hydrogens (tertiary/aromatic N) is 1. The molecule has 0 saturated carbocycles. The van der Waals surface area contributed by atoms with Crippen LogP contribution in [0.3, 0.4) is 0 Å². The molecule has 0 saturated heterocycles. The molecule has 0 fully saturated rings. The summed E-state index contributed by atoms with van der Waals surface area (Å²) in [4.78, 5) is 22.5. The van der Waals surface area contributed by atoms with E-state index in [-0.39, 0.29) is 17.3 Å². The lowest BCUT2D eigenvalue weighted by molar-refractivity contribution is -0.119. The second-order valence-electron chi connectivity index (χ2n) is 3.25. The summed E-state index contributed by atoms with van der Waals surface area (Å²) < 4.78 is 0. The Morgan fingerprint density at radius 3 is 2.67 bits per heavy atom. The molecule has 0 spiro atoms. The van der Waals surface area contributed by atoms with Gasteiger partial charge in [-0.25, -0.2) is 4.79 Å². The minimum absolute atomic E-state index is 0.0517. The number of alkyl halides is 1. The average Bonchev–Trinajstić information content (AvgIpc) is 2.31. The van der Waals surface area contributed by atoms with Crippen LogP contribution in [0.5, 0.6) is 0 Å². The van der Waals surface area contributed by atoms with Crippen molar-refractivity contribution < 1.29 is 9.59 Å². The SMILES string of the molecule is N#Cc1ccc(NC(=O)NC(=O)CCCl)c(Cl)c1. The van der Waals surface area contributed by atoms with E-state index >= 15 is 0 Å². The zero-order valence-electron chi connectivity index (χ0n) is 9.17. The minimum Gasteiger partial charge on any atom is -0.306 e. The number of urea groups is 1. The number of carbonyl (C=O) groups is 2. The fraction of sp³-hybridized carbons (Fsp3) is 0.182. The molecule has 94 valence electrons. The van der Waals surface area contributed by atoms with Crippen LogP contribution in [0.2, 0.25) is 5.02 Å². The predicted molar refractivity (Wildman–Crippen MR) is 68.7 cm³/mol. The third kappa shape index (κ3) is 4.24. The van der Waals surface area contributed by atoms with Crippen molar-refractivity contribution >= 4 is 40.8 Å². The van der Waals surface area contributed by atoms with Crippen LogP contribution in [0.25, 0.3) is 0 Å². The molecule has 7 heteroatoms. The van der Waals surface area contributed by atoms with Crippen molar-refractivity contribution in [1.82, 2.24) is 5.32 Å². The van der Waals surface area contributed by atoms with Gasteiger partial charge in [0, 0.05) is 12.3 Å². The fourth-order valence-electron chi connectivity index (χ4n) is 1.11. The van der Waals surface area contributed by atoms with Gasteiger partial charge >= 0.3 is 6.03 Å². The van der Waals surface area contributed by atoms with Crippen molar-refractivity contribution in [2.45, 2.75) is 6.42 Å². The third-order valence-electron chi connectivity index (χ3n) is 1.92. The topological polar surface area (TPSA) is 82.0 Å². The van der Waals surface area contributed by atoms with Crippen LogP contribution < -0.4 is 10.6 Å². The van der Waals surface area contributed by atoms with Crippen molar-refractivity contribution in [3.05, 3.63) is 28.8 Å². The Labute approximate surface area is 114 Å². The summed E-state index contributed by atoms with van der Waals surface area (Å²) >= 11 is 11.2. The number of nitrogens with one attached hydrogen (secondary N) is 2. The minimum atomic E-state index is -0.697. The zero-order chi connectivity index (χ0) is 13.5. The number of amides is 3. The van der Waals surface area contributed by atoms with Crippen molar-refractivity contribution in [2.75, 3.05) is 11.2 Å². The predicted octanol–water partition coefficient (Wildman–Crippen LogP) is 2.49. The number of imide groups is 1. The van der Waals surface area contributed by atoms with Gasteiger partial charge in [-0.1, -0.05) is 11.6 Å². The van der Waals surface area contributed by atoms with Crippen LogP contribution in [0.1, 0.15) is 12.0 Å². The lowest BCUT2D eigenvalue weighted by Gasteiger charge is -2.07. The number of nitriles is 1. The number of carbonyl (C=O) groups excluding carboxylic acids is 2. The Morgan fingerprint density at radius 2 is 2.11 bits per heavy atom. The second kappa shape index (κ2) is 6.84. The highest BCUT2D eigenvalue weighted by Crippen LogP contribution is 2.22. The molecule has 1 aromatic rings. The Bertz CT molecular complexity index is 512. The summed E-state index contributed by atoms with van der Waals surface area (Å²) in [6, 6.07) is 5.61. The van der Waals surface area contributed by atoms with E-state index in [1.807, 2.05) is 6.07 Å². The van der Waals surface area contributed by atoms with E-state index in [1.165, 1.54) is 18.2 Å². The molecule has 0 aliphatic carbocycles. The quantitative estimate of drug-likeness (QED) is 0.837. The lowest BCUT2D eigenvalue weighted by Crippen LogP contribution is -2.34. The lowest BCUT2D eigenvalue weighted by atomic mass is 10.2. The van der Waals surface area contributed by atoms with E-state index in [1.54, 1.807) is 0 Å². The number of halogens is 2. The number of hydrogen-bond donors (Lipinski definition) is 2. The fourth-order valence-corrected chi connectivity index (χ4v) is 1.51. The number of hydrogen-bond acceptors (Lipinski definition) is 3. The highest BCUT2D eigenvalue weighted by atomic mass is 35.5. The van der Waals surface area contributed by atoms with Gasteiger partial charge in [-0.15, -0.1) is 11.6 Å². The van der Waals surface area contributed by atoms with Gasteiger partial charge in [0.15, 0.2) is 0 Å². The molecule has 0 bridgehead atoms. The van der Waals surface area contributed by atoms with Crippen LogP contribution in [0, 0.1) is 11.3 Å². The van der Waals surface area contributed by atoms with Crippen molar-refractivity contribution in [3.63, 3.8) is 0 Å². The molecule has 3 amide bonds. The van der Waals surface area contributed by atoms with E-state index in [0.717, 1.165) is 0 Å². The summed E-state index contributed by atoms with van der Waals surface area (Å²) in [6.45, 7) is 0. The van der Waals surface area contributed by atoms with Gasteiger partial charge in [-0.3, -0.25) is 10.1 Å². The maximum absolute atomic E-state index is 11.4. The van der Waals surface area contributed by atoms with E-state index in [2.05, 4.69) is 10.6 Å². The summed E-state index contributed by atoms with van der Waals surface area (Å²) in [5, 5.41) is 13.3. The van der Waals surface area contributed by atoms with E-state index in [4.69, 9.17) is 28.5 Å². The Hall–Kier alpha value is -1.77. The van der Waals surface area contributed by atoms with Gasteiger partial charge in [-0.2, -0.15) is 5.26 Å². The van der Waals surface area contributed by atoms with Crippen LogP contribution >= 0.6 is 23.2 Å². The molecule has 0 aromatic heterocycles. The molecule has 0 unspecified atom stereocenters. The maximum Gasteiger partial charge on any atom is 0.325 e. The molecule has 2 N–H and O–H groups in total. The highest BCUT2D eigenvalue weighted by Gasteiger charge is 2.09. The molecular formula is C11H9Cl2N3O2. The van der Waals surface area contributed by atoms with E-state index < -0.39 is 11.9 Å². The molecule has 0 aliphatic rings. The first kappa shape index (κ1) is 14.3. The summed E-state index contributed by atoms with van der Waals surface area (Å²) in [5.74, 6) is -0.344. The summed E-state index contributed by atoms with van der Waals surface area (Å²) in [6.07, 6.45) is 0.0517. The van der Waals surface area contributed by atoms with Gasteiger partial charge in [0.2, 0.25) is 5.91 Å². The molecular weight excluding hydrogens is 277 g/mol. The standard InChI is InChI=1S/C11H9Cl2N3O2/c12-4-3-10(17)16-11(18)15-9-2-1-7(6-14)5-8(9)13/h1-2,5H,3-4H2,(H2,15,16,17,18). The Morgan fingerprint density at radius 1 is 1.39 bits per heavy atom.